The first-order valence-corrected chi connectivity index (χ1v) is 4.52. The van der Waals surface area contributed by atoms with Crippen molar-refractivity contribution in [3.05, 3.63) is 30.8 Å². The third kappa shape index (κ3) is 3.56. The van der Waals surface area contributed by atoms with Crippen LogP contribution in [0.3, 0.4) is 0 Å². The van der Waals surface area contributed by atoms with Gasteiger partial charge < -0.3 is 10.1 Å². The van der Waals surface area contributed by atoms with Gasteiger partial charge in [-0.2, -0.15) is 0 Å². The van der Waals surface area contributed by atoms with Crippen molar-refractivity contribution in [1.29, 1.82) is 0 Å². The minimum absolute atomic E-state index is 0.218. The number of urea groups is 1. The SMILES string of the molecule is [CH2]C(=O)NC(=O)NCc1cccnc1OC. The third-order valence-corrected chi connectivity index (χ3v) is 1.74. The quantitative estimate of drug-likeness (QED) is 0.768. The van der Waals surface area contributed by atoms with Crippen LogP contribution < -0.4 is 15.4 Å². The maximum atomic E-state index is 11.1. The second-order valence-corrected chi connectivity index (χ2v) is 2.90. The Labute approximate surface area is 93.0 Å². The molecule has 0 saturated carbocycles. The van der Waals surface area contributed by atoms with E-state index in [2.05, 4.69) is 17.2 Å². The average Bonchev–Trinajstić information content (AvgIpc) is 2.26. The zero-order chi connectivity index (χ0) is 12.0. The third-order valence-electron chi connectivity index (χ3n) is 1.74. The van der Waals surface area contributed by atoms with Crippen molar-refractivity contribution in [3.63, 3.8) is 0 Å². The molecule has 6 nitrogen and oxygen atoms in total. The number of rotatable bonds is 3. The van der Waals surface area contributed by atoms with Gasteiger partial charge in [0.2, 0.25) is 11.8 Å². The number of carbonyl (C=O) groups excluding carboxylic acids is 2. The van der Waals surface area contributed by atoms with Gasteiger partial charge in [-0.3, -0.25) is 10.1 Å². The zero-order valence-electron chi connectivity index (χ0n) is 8.82. The Hall–Kier alpha value is -2.11. The van der Waals surface area contributed by atoms with Crippen LogP contribution in [-0.2, 0) is 11.3 Å². The zero-order valence-corrected chi connectivity index (χ0v) is 8.82. The molecule has 0 aromatic carbocycles. The van der Waals surface area contributed by atoms with Crippen molar-refractivity contribution in [3.8, 4) is 5.88 Å². The number of amides is 3. The van der Waals surface area contributed by atoms with Crippen LogP contribution in [0.5, 0.6) is 5.88 Å². The molecule has 2 N–H and O–H groups in total. The minimum Gasteiger partial charge on any atom is -0.481 e. The molecule has 16 heavy (non-hydrogen) atoms. The number of aromatic nitrogens is 1. The second kappa shape index (κ2) is 5.69. The Bertz CT molecular complexity index is 393. The lowest BCUT2D eigenvalue weighted by Gasteiger charge is -2.08. The highest BCUT2D eigenvalue weighted by Gasteiger charge is 2.06. The summed E-state index contributed by atoms with van der Waals surface area (Å²) in [4.78, 5) is 25.5. The van der Waals surface area contributed by atoms with Gasteiger partial charge in [-0.25, -0.2) is 9.78 Å². The van der Waals surface area contributed by atoms with Crippen LogP contribution in [-0.4, -0.2) is 24.0 Å². The van der Waals surface area contributed by atoms with Crippen molar-refractivity contribution in [1.82, 2.24) is 15.6 Å². The molecule has 0 aliphatic rings. The van der Waals surface area contributed by atoms with Crippen molar-refractivity contribution in [2.45, 2.75) is 6.54 Å². The number of nitrogens with one attached hydrogen (secondary N) is 2. The second-order valence-electron chi connectivity index (χ2n) is 2.90. The Morgan fingerprint density at radius 1 is 1.56 bits per heavy atom. The summed E-state index contributed by atoms with van der Waals surface area (Å²) in [5.41, 5.74) is 0.719. The first kappa shape index (κ1) is 12.0. The van der Waals surface area contributed by atoms with Crippen LogP contribution in [0, 0.1) is 6.92 Å². The molecule has 6 heteroatoms. The number of nitrogens with zero attached hydrogens (tertiary/aromatic N) is 1. The minimum atomic E-state index is -0.657. The van der Waals surface area contributed by atoms with E-state index in [-0.39, 0.29) is 6.54 Å². The van der Waals surface area contributed by atoms with E-state index in [1.165, 1.54) is 7.11 Å². The number of carbonyl (C=O) groups is 2. The van der Waals surface area contributed by atoms with E-state index in [1.807, 2.05) is 5.32 Å². The molecule has 1 radical (unpaired) electrons. The van der Waals surface area contributed by atoms with Crippen molar-refractivity contribution in [2.24, 2.45) is 0 Å². The van der Waals surface area contributed by atoms with E-state index < -0.39 is 11.9 Å². The summed E-state index contributed by atoms with van der Waals surface area (Å²) in [5, 5.41) is 4.46. The summed E-state index contributed by atoms with van der Waals surface area (Å²) >= 11 is 0. The molecule has 0 spiro atoms. The molecule has 1 aromatic heterocycles. The standard InChI is InChI=1S/C10H12N3O3/c1-7(14)13-10(15)12-6-8-4-3-5-11-9(8)16-2/h3-5H,1,6H2,2H3,(H2,12,13,14,15). The van der Waals surface area contributed by atoms with Gasteiger partial charge in [-0.05, 0) is 6.07 Å². The number of hydrogen-bond acceptors (Lipinski definition) is 4. The predicted octanol–water partition coefficient (Wildman–Crippen LogP) is 0.250. The van der Waals surface area contributed by atoms with E-state index in [1.54, 1.807) is 18.3 Å². The van der Waals surface area contributed by atoms with E-state index in [9.17, 15) is 9.59 Å². The van der Waals surface area contributed by atoms with Gasteiger partial charge in [0.25, 0.3) is 0 Å². The van der Waals surface area contributed by atoms with Crippen LogP contribution >= 0.6 is 0 Å². The summed E-state index contributed by atoms with van der Waals surface area (Å²) in [6.07, 6.45) is 1.59. The molecule has 0 fully saturated rings. The Balaban J connectivity index is 2.54. The van der Waals surface area contributed by atoms with Crippen LogP contribution in [0.15, 0.2) is 18.3 Å². The molecule has 1 aromatic rings. The number of methoxy groups -OCH3 is 1. The van der Waals surface area contributed by atoms with E-state index in [0.29, 0.717) is 5.88 Å². The van der Waals surface area contributed by atoms with E-state index in [0.717, 1.165) is 5.56 Å². The van der Waals surface area contributed by atoms with Gasteiger partial charge in [0.1, 0.15) is 0 Å². The summed E-state index contributed by atoms with van der Waals surface area (Å²) < 4.78 is 5.00. The van der Waals surface area contributed by atoms with Crippen molar-refractivity contribution in [2.75, 3.05) is 7.11 Å². The molecule has 3 amide bonds. The molecular weight excluding hydrogens is 210 g/mol. The van der Waals surface area contributed by atoms with Gasteiger partial charge >= 0.3 is 6.03 Å². The summed E-state index contributed by atoms with van der Waals surface area (Å²) in [6, 6.07) is 2.88. The molecule has 0 saturated heterocycles. The lowest BCUT2D eigenvalue weighted by Crippen LogP contribution is -2.37. The van der Waals surface area contributed by atoms with Crippen LogP contribution in [0.25, 0.3) is 0 Å². The summed E-state index contributed by atoms with van der Waals surface area (Å²) in [6.45, 7) is 3.24. The highest BCUT2D eigenvalue weighted by atomic mass is 16.5. The normalized spacial score (nSPS) is 9.38. The van der Waals surface area contributed by atoms with Crippen LogP contribution in [0.1, 0.15) is 5.56 Å². The van der Waals surface area contributed by atoms with Crippen molar-refractivity contribution >= 4 is 11.9 Å². The van der Waals surface area contributed by atoms with Crippen molar-refractivity contribution < 1.29 is 14.3 Å². The van der Waals surface area contributed by atoms with Gasteiger partial charge in [-0.1, -0.05) is 6.07 Å². The van der Waals surface area contributed by atoms with Gasteiger partial charge in [-0.15, -0.1) is 0 Å². The first-order chi connectivity index (χ1) is 7.63. The van der Waals surface area contributed by atoms with Crippen LogP contribution in [0.2, 0.25) is 0 Å². The Morgan fingerprint density at radius 2 is 2.31 bits per heavy atom. The summed E-state index contributed by atoms with van der Waals surface area (Å²) in [7, 11) is 1.49. The fraction of sp³-hybridized carbons (Fsp3) is 0.200. The molecule has 0 aliphatic heterocycles. The average molecular weight is 222 g/mol. The monoisotopic (exact) mass is 222 g/mol. The maximum absolute atomic E-state index is 11.1. The Kier molecular flexibility index (Phi) is 4.26. The fourth-order valence-electron chi connectivity index (χ4n) is 1.09. The molecule has 85 valence electrons. The molecule has 0 unspecified atom stereocenters. The highest BCUT2D eigenvalue weighted by Crippen LogP contribution is 2.12. The number of pyridine rings is 1. The van der Waals surface area contributed by atoms with E-state index >= 15 is 0 Å². The van der Waals surface area contributed by atoms with E-state index in [4.69, 9.17) is 4.74 Å². The number of ether oxygens (including phenoxy) is 1. The molecule has 1 heterocycles. The largest absolute Gasteiger partial charge is 0.481 e. The maximum Gasteiger partial charge on any atom is 0.321 e. The topological polar surface area (TPSA) is 80.3 Å². The fourth-order valence-corrected chi connectivity index (χ4v) is 1.09. The molecule has 0 atom stereocenters. The molecule has 0 bridgehead atoms. The smallest absolute Gasteiger partial charge is 0.321 e. The first-order valence-electron chi connectivity index (χ1n) is 4.52. The van der Waals surface area contributed by atoms with Crippen LogP contribution in [0.4, 0.5) is 4.79 Å². The number of imide groups is 1. The summed E-state index contributed by atoms with van der Waals surface area (Å²) in [5.74, 6) is -0.223. The predicted molar refractivity (Wildman–Crippen MR) is 56.5 cm³/mol. The van der Waals surface area contributed by atoms with Gasteiger partial charge in [0.15, 0.2) is 0 Å². The number of hydrogen-bond donors (Lipinski definition) is 2. The lowest BCUT2D eigenvalue weighted by molar-refractivity contribution is -0.115. The molecule has 1 rings (SSSR count). The lowest BCUT2D eigenvalue weighted by atomic mass is 10.3. The molecule has 0 aliphatic carbocycles. The van der Waals surface area contributed by atoms with Gasteiger partial charge in [0.05, 0.1) is 7.11 Å². The Morgan fingerprint density at radius 3 is 2.94 bits per heavy atom. The molecular formula is C10H12N3O3. The highest BCUT2D eigenvalue weighted by molar-refractivity contribution is 5.96. The van der Waals surface area contributed by atoms with Gasteiger partial charge in [0, 0.05) is 25.2 Å².